The molecule has 0 bridgehead atoms. The number of pyridine rings is 1. The normalized spacial score (nSPS) is 15.4. The number of aromatic hydroxyl groups is 1. The molecule has 0 radical (unpaired) electrons. The van der Waals surface area contributed by atoms with E-state index in [-0.39, 0.29) is 66.3 Å². The second kappa shape index (κ2) is 13.4. The van der Waals surface area contributed by atoms with Crippen molar-refractivity contribution < 1.29 is 32.6 Å². The molecule has 51 heavy (non-hydrogen) atoms. The number of hydrogen-bond acceptors (Lipinski definition) is 9. The van der Waals surface area contributed by atoms with Crippen LogP contribution in [0.3, 0.4) is 0 Å². The minimum Gasteiger partial charge on any atom is -0.506 e. The second-order valence-corrected chi connectivity index (χ2v) is 12.4. The van der Waals surface area contributed by atoms with Gasteiger partial charge in [0, 0.05) is 38.6 Å². The van der Waals surface area contributed by atoms with Crippen LogP contribution in [0.2, 0.25) is 5.02 Å². The lowest BCUT2D eigenvalue weighted by atomic mass is 10.1. The van der Waals surface area contributed by atoms with Crippen LogP contribution in [0.15, 0.2) is 53.6 Å². The molecule has 1 fully saturated rings. The van der Waals surface area contributed by atoms with Crippen molar-refractivity contribution in [2.24, 2.45) is 0 Å². The van der Waals surface area contributed by atoms with E-state index in [0.29, 0.717) is 43.2 Å². The highest BCUT2D eigenvalue weighted by atomic mass is 35.5. The zero-order chi connectivity index (χ0) is 36.0. The van der Waals surface area contributed by atoms with Crippen molar-refractivity contribution in [3.8, 4) is 5.75 Å². The number of benzene rings is 1. The number of fused-ring (bicyclic) bond motifs is 2. The molecule has 0 atom stereocenters. The summed E-state index contributed by atoms with van der Waals surface area (Å²) in [7, 11) is 0. The van der Waals surface area contributed by atoms with Crippen LogP contribution in [0.1, 0.15) is 40.9 Å². The quantitative estimate of drug-likeness (QED) is 0.255. The lowest BCUT2D eigenvalue weighted by Crippen LogP contribution is -2.51. The predicted octanol–water partition coefficient (Wildman–Crippen LogP) is 3.88. The Morgan fingerprint density at radius 3 is 2.59 bits per heavy atom. The maximum atomic E-state index is 14.2. The van der Waals surface area contributed by atoms with Gasteiger partial charge in [-0.05, 0) is 48.7 Å². The van der Waals surface area contributed by atoms with Gasteiger partial charge in [-0.3, -0.25) is 18.8 Å². The number of rotatable bonds is 7. The maximum Gasteiger partial charge on any atom is 0.416 e. The largest absolute Gasteiger partial charge is 0.506 e. The molecule has 6 heterocycles. The summed E-state index contributed by atoms with van der Waals surface area (Å²) in [5.41, 5.74) is 0.670. The molecule has 14 nitrogen and oxygen atoms in total. The molecule has 266 valence electrons. The third-order valence-electron chi connectivity index (χ3n) is 8.91. The number of nitrogens with zero attached hydrogens (tertiary/aromatic N) is 8. The Hall–Kier alpha value is -5.42. The standard InChI is InChI=1S/C33H31ClF3N9O5/c1-2-23-27(42-11-13-43(14-12-42)30(49)28-24(47)5-6-25-38-9-10-44(25)28)31(50)46-32(40-29(41-46)19-7-15-51-16-8-19)45(23)18-26(48)39-22-4-3-20(17-21(22)34)33(35,36)37/h3-7,9-10,17,47H,2,8,11-16,18H2,1H3,(H,39,48). The number of carbonyl (C=O) groups is 2. The molecule has 18 heteroatoms. The summed E-state index contributed by atoms with van der Waals surface area (Å²) in [5.74, 6) is -0.801. The first-order chi connectivity index (χ1) is 24.4. The van der Waals surface area contributed by atoms with Gasteiger partial charge in [-0.25, -0.2) is 4.98 Å². The van der Waals surface area contributed by atoms with Crippen LogP contribution in [0.25, 0.3) is 17.0 Å². The molecule has 0 spiro atoms. The zero-order valence-electron chi connectivity index (χ0n) is 27.2. The molecule has 0 aliphatic carbocycles. The number of nitrogens with one attached hydrogen (secondary N) is 1. The Labute approximate surface area is 292 Å². The highest BCUT2D eigenvalue weighted by Gasteiger charge is 2.32. The minimum atomic E-state index is -4.61. The fourth-order valence-corrected chi connectivity index (χ4v) is 6.63. The maximum absolute atomic E-state index is 14.2. The summed E-state index contributed by atoms with van der Waals surface area (Å²) in [4.78, 5) is 53.6. The third-order valence-corrected chi connectivity index (χ3v) is 9.22. The fourth-order valence-electron chi connectivity index (χ4n) is 6.40. The minimum absolute atomic E-state index is 0.0160. The van der Waals surface area contributed by atoms with Crippen molar-refractivity contribution in [3.63, 3.8) is 0 Å². The monoisotopic (exact) mass is 725 g/mol. The second-order valence-electron chi connectivity index (χ2n) is 12.0. The molecular formula is C33H31ClF3N9O5. The lowest BCUT2D eigenvalue weighted by molar-refractivity contribution is -0.137. The molecule has 1 saturated heterocycles. The summed E-state index contributed by atoms with van der Waals surface area (Å²) in [6.45, 7) is 3.18. The van der Waals surface area contributed by atoms with Gasteiger partial charge >= 0.3 is 6.18 Å². The summed E-state index contributed by atoms with van der Waals surface area (Å²) >= 11 is 6.12. The summed E-state index contributed by atoms with van der Waals surface area (Å²) < 4.78 is 49.3. The van der Waals surface area contributed by atoms with Gasteiger partial charge in [-0.1, -0.05) is 24.6 Å². The van der Waals surface area contributed by atoms with Gasteiger partial charge in [0.1, 0.15) is 23.6 Å². The van der Waals surface area contributed by atoms with E-state index < -0.39 is 29.1 Å². The van der Waals surface area contributed by atoms with Crippen molar-refractivity contribution >= 4 is 51.8 Å². The Morgan fingerprint density at radius 1 is 1.12 bits per heavy atom. The SMILES string of the molecule is CCc1c(N2CCN(C(=O)c3c(O)ccc4nccn34)CC2)c(=O)n2nc(C3=CCOCC3)nc2n1CC(=O)Nc1ccc(C(F)(F)F)cc1Cl. The number of imidazole rings is 1. The Kier molecular flexibility index (Phi) is 8.93. The average molecular weight is 726 g/mol. The first-order valence-corrected chi connectivity index (χ1v) is 16.5. The van der Waals surface area contributed by atoms with Crippen LogP contribution < -0.4 is 15.8 Å². The van der Waals surface area contributed by atoms with Crippen LogP contribution in [-0.4, -0.2) is 89.8 Å². The molecular weight excluding hydrogens is 695 g/mol. The highest BCUT2D eigenvalue weighted by molar-refractivity contribution is 6.33. The van der Waals surface area contributed by atoms with Crippen LogP contribution >= 0.6 is 11.6 Å². The Morgan fingerprint density at radius 2 is 1.90 bits per heavy atom. The van der Waals surface area contributed by atoms with Crippen molar-refractivity contribution in [1.29, 1.82) is 0 Å². The van der Waals surface area contributed by atoms with Gasteiger partial charge in [0.05, 0.1) is 35.2 Å². The molecule has 2 N–H and O–H groups in total. The van der Waals surface area contributed by atoms with E-state index in [0.717, 1.165) is 28.3 Å². The van der Waals surface area contributed by atoms with Gasteiger partial charge in [0.2, 0.25) is 11.7 Å². The fraction of sp³-hybridized carbons (Fsp3) is 0.333. The van der Waals surface area contributed by atoms with Gasteiger partial charge < -0.3 is 29.5 Å². The van der Waals surface area contributed by atoms with E-state index >= 15 is 0 Å². The number of aromatic nitrogens is 6. The zero-order valence-corrected chi connectivity index (χ0v) is 27.9. The van der Waals surface area contributed by atoms with Gasteiger partial charge in [-0.2, -0.15) is 22.7 Å². The number of alkyl halides is 3. The van der Waals surface area contributed by atoms with Crippen LogP contribution in [-0.2, 0) is 28.7 Å². The lowest BCUT2D eigenvalue weighted by Gasteiger charge is -2.37. The number of carbonyl (C=O) groups excluding carboxylic acids is 2. The number of ether oxygens (including phenoxy) is 1. The Balaban J connectivity index is 1.22. The molecule has 4 aromatic heterocycles. The Bertz CT molecular complexity index is 2270. The number of piperazine rings is 1. The third kappa shape index (κ3) is 6.38. The summed E-state index contributed by atoms with van der Waals surface area (Å²) in [6.07, 6.45) is 1.15. The average Bonchev–Trinajstić information content (AvgIpc) is 3.78. The van der Waals surface area contributed by atoms with Gasteiger partial charge in [0.15, 0.2) is 11.5 Å². The molecule has 1 aromatic carbocycles. The molecule has 2 aliphatic heterocycles. The van der Waals surface area contributed by atoms with Gasteiger partial charge in [-0.15, -0.1) is 5.10 Å². The molecule has 0 unspecified atom stereocenters. The van der Waals surface area contributed by atoms with Crippen molar-refractivity contribution in [3.05, 3.63) is 87.0 Å². The first kappa shape index (κ1) is 34.0. The van der Waals surface area contributed by atoms with Crippen LogP contribution in [0, 0.1) is 0 Å². The molecule has 7 rings (SSSR count). The van der Waals surface area contributed by atoms with Crippen LogP contribution in [0.4, 0.5) is 24.5 Å². The van der Waals surface area contributed by atoms with E-state index in [2.05, 4.69) is 20.4 Å². The van der Waals surface area contributed by atoms with Crippen molar-refractivity contribution in [2.45, 2.75) is 32.5 Å². The van der Waals surface area contributed by atoms with E-state index in [1.165, 1.54) is 16.7 Å². The summed E-state index contributed by atoms with van der Waals surface area (Å²) in [6, 6.07) is 5.66. The van der Waals surface area contributed by atoms with Crippen molar-refractivity contribution in [2.75, 3.05) is 49.6 Å². The first-order valence-electron chi connectivity index (χ1n) is 16.1. The predicted molar refractivity (Wildman–Crippen MR) is 180 cm³/mol. The molecule has 2 aliphatic rings. The topological polar surface area (TPSA) is 152 Å². The van der Waals surface area contributed by atoms with E-state index in [4.69, 9.17) is 16.3 Å². The molecule has 5 aromatic rings. The van der Waals surface area contributed by atoms with E-state index in [1.54, 1.807) is 21.7 Å². The van der Waals surface area contributed by atoms with Crippen molar-refractivity contribution in [1.82, 2.24) is 33.4 Å². The van der Waals surface area contributed by atoms with E-state index in [9.17, 15) is 32.7 Å². The molecule has 0 saturated carbocycles. The number of hydrogen-bond donors (Lipinski definition) is 2. The van der Waals surface area contributed by atoms with Gasteiger partial charge in [0.25, 0.3) is 11.5 Å². The molecule has 2 amide bonds. The van der Waals surface area contributed by atoms with Crippen LogP contribution in [0.5, 0.6) is 5.75 Å². The summed E-state index contributed by atoms with van der Waals surface area (Å²) in [5, 5.41) is 17.4. The number of amides is 2. The number of halogens is 4. The smallest absolute Gasteiger partial charge is 0.416 e. The number of anilines is 2. The highest BCUT2D eigenvalue weighted by Crippen LogP contribution is 2.34. The van der Waals surface area contributed by atoms with E-state index in [1.807, 2.05) is 17.9 Å².